The van der Waals surface area contributed by atoms with Crippen molar-refractivity contribution >= 4 is 50.4 Å². The number of halogens is 5. The number of nitrogens with two attached hydrogens (primary N) is 1. The van der Waals surface area contributed by atoms with Crippen LogP contribution in [0.25, 0.3) is 38.4 Å². The largest absolute Gasteiger partial charge is 0.461 e. The number of aromatic nitrogens is 2. The Labute approximate surface area is 285 Å². The second kappa shape index (κ2) is 10.9. The summed E-state index contributed by atoms with van der Waals surface area (Å²) in [5, 5.41) is 4.20. The van der Waals surface area contributed by atoms with E-state index in [9.17, 15) is 4.39 Å². The maximum atomic E-state index is 17.4. The Morgan fingerprint density at radius 1 is 1.12 bits per heavy atom. The van der Waals surface area contributed by atoms with E-state index in [0.29, 0.717) is 53.7 Å². The number of piperazine rings is 1. The smallest absolute Gasteiger partial charge is 0.319 e. The summed E-state index contributed by atoms with van der Waals surface area (Å²) in [7, 11) is 0. The van der Waals surface area contributed by atoms with Crippen LogP contribution >= 0.6 is 11.6 Å². The van der Waals surface area contributed by atoms with E-state index in [4.69, 9.17) is 33.5 Å². The zero-order valence-electron chi connectivity index (χ0n) is 26.6. The minimum atomic E-state index is -0.992. The highest BCUT2D eigenvalue weighted by atomic mass is 35.5. The van der Waals surface area contributed by atoms with Crippen LogP contribution in [0.2, 0.25) is 5.02 Å². The SMILES string of the molecule is C#Cc1c(F)ccc2cc(N)c(F)c(-c3c(Cl)c4c5c(nc(OC[C@@]67CCCN6C[C@H](F)C7)nc5c3F)N3C[C@H]5CCC(N5)[C@H]3CC4=C)c12. The van der Waals surface area contributed by atoms with Crippen LogP contribution in [0.1, 0.15) is 49.7 Å². The average molecular weight is 689 g/mol. The minimum absolute atomic E-state index is 0.0344. The number of alkyl halides is 1. The number of fused-ring (bicyclic) bond motifs is 7. The van der Waals surface area contributed by atoms with Crippen molar-refractivity contribution in [3.05, 3.63) is 58.4 Å². The number of hydrogen-bond acceptors (Lipinski definition) is 7. The third-order valence-corrected chi connectivity index (χ3v) is 11.8. The van der Waals surface area contributed by atoms with E-state index >= 15 is 13.2 Å². The highest BCUT2D eigenvalue weighted by molar-refractivity contribution is 6.37. The molecule has 0 radical (unpaired) electrons. The van der Waals surface area contributed by atoms with Gasteiger partial charge in [-0.25, -0.2) is 17.6 Å². The van der Waals surface area contributed by atoms with Crippen molar-refractivity contribution in [1.29, 1.82) is 0 Å². The summed E-state index contributed by atoms with van der Waals surface area (Å²) in [4.78, 5) is 13.8. The molecule has 5 aliphatic rings. The summed E-state index contributed by atoms with van der Waals surface area (Å²) in [5.41, 5.74) is 5.22. The first-order valence-corrected chi connectivity index (χ1v) is 17.1. The molecule has 2 bridgehead atoms. The van der Waals surface area contributed by atoms with E-state index in [0.717, 1.165) is 38.3 Å². The standard InChI is InChI=1S/C37H33ClF4N6O/c1-3-21-22(40)7-5-18-12-23(43)32(41)28(27(18)21)29-31(38)26-17(2)11-25-24-8-6-20(44-24)15-48(25)35-30(26)34(33(29)42)45-36(46-35)49-16-37-9-4-10-47(37)14-19(39)13-37/h1,5,7,12,19-20,24-25,44H,2,4,6,8-11,13-16,43H2/t19-,20-,24?,25-,37+/m1/s1. The van der Waals surface area contributed by atoms with Crippen LogP contribution in [0.3, 0.4) is 0 Å². The monoisotopic (exact) mass is 688 g/mol. The Balaban J connectivity index is 1.32. The zero-order valence-corrected chi connectivity index (χ0v) is 27.3. The molecule has 0 amide bonds. The van der Waals surface area contributed by atoms with Crippen LogP contribution in [-0.2, 0) is 0 Å². The maximum Gasteiger partial charge on any atom is 0.319 e. The fourth-order valence-corrected chi connectivity index (χ4v) is 9.73. The molecule has 49 heavy (non-hydrogen) atoms. The van der Waals surface area contributed by atoms with Crippen molar-refractivity contribution < 1.29 is 22.3 Å². The number of hydrogen-bond donors (Lipinski definition) is 2. The second-order valence-electron chi connectivity index (χ2n) is 14.2. The fourth-order valence-electron chi connectivity index (χ4n) is 9.32. The Kier molecular flexibility index (Phi) is 6.90. The van der Waals surface area contributed by atoms with Gasteiger partial charge in [-0.3, -0.25) is 4.90 Å². The van der Waals surface area contributed by atoms with Gasteiger partial charge in [0.2, 0.25) is 0 Å². The Morgan fingerprint density at radius 2 is 1.96 bits per heavy atom. The highest BCUT2D eigenvalue weighted by Gasteiger charge is 2.50. The Bertz CT molecular complexity index is 2170. The van der Waals surface area contributed by atoms with E-state index in [-0.39, 0.29) is 69.0 Å². The van der Waals surface area contributed by atoms with Crippen LogP contribution in [0.4, 0.5) is 29.1 Å². The predicted octanol–water partition coefficient (Wildman–Crippen LogP) is 6.77. The number of nitrogens with zero attached hydrogens (tertiary/aromatic N) is 4. The van der Waals surface area contributed by atoms with Crippen molar-refractivity contribution in [2.45, 2.75) is 68.4 Å². The number of nitrogen functional groups attached to an aromatic ring is 1. The molecule has 3 N–H and O–H groups in total. The molecule has 3 aromatic carbocycles. The molecular weight excluding hydrogens is 656 g/mol. The van der Waals surface area contributed by atoms with Crippen LogP contribution in [-0.4, -0.2) is 70.9 Å². The normalized spacial score (nSPS) is 27.4. The maximum absolute atomic E-state index is 17.4. The van der Waals surface area contributed by atoms with Gasteiger partial charge in [-0.2, -0.15) is 9.97 Å². The van der Waals surface area contributed by atoms with Gasteiger partial charge >= 0.3 is 6.01 Å². The first-order valence-electron chi connectivity index (χ1n) is 16.7. The highest BCUT2D eigenvalue weighted by Crippen LogP contribution is 2.52. The lowest BCUT2D eigenvalue weighted by molar-refractivity contribution is 0.107. The van der Waals surface area contributed by atoms with Gasteiger partial charge < -0.3 is 20.7 Å². The van der Waals surface area contributed by atoms with Gasteiger partial charge in [-0.1, -0.05) is 30.2 Å². The summed E-state index contributed by atoms with van der Waals surface area (Å²) in [6.45, 7) is 6.27. The Hall–Kier alpha value is -4.11. The molecule has 9 rings (SSSR count). The molecule has 6 heterocycles. The van der Waals surface area contributed by atoms with Crippen LogP contribution < -0.4 is 20.7 Å². The number of rotatable bonds is 4. The molecule has 5 atom stereocenters. The Morgan fingerprint density at radius 3 is 2.78 bits per heavy atom. The zero-order chi connectivity index (χ0) is 33.9. The van der Waals surface area contributed by atoms with Gasteiger partial charge in [0.25, 0.3) is 0 Å². The molecule has 0 spiro atoms. The lowest BCUT2D eigenvalue weighted by atomic mass is 9.88. The number of anilines is 2. The van der Waals surface area contributed by atoms with Crippen molar-refractivity contribution in [3.63, 3.8) is 0 Å². The van der Waals surface area contributed by atoms with Crippen molar-refractivity contribution in [2.75, 3.05) is 36.9 Å². The molecule has 4 saturated heterocycles. The number of nitrogens with one attached hydrogen (secondary N) is 1. The summed E-state index contributed by atoms with van der Waals surface area (Å²) >= 11 is 7.18. The van der Waals surface area contributed by atoms with Gasteiger partial charge in [-0.15, -0.1) is 6.42 Å². The van der Waals surface area contributed by atoms with E-state index in [1.165, 1.54) is 12.1 Å². The molecule has 4 aromatic rings. The number of terminal acetylenes is 1. The molecule has 252 valence electrons. The summed E-state index contributed by atoms with van der Waals surface area (Å²) in [6, 6.07) is 4.09. The fraction of sp³-hybridized carbons (Fsp3) is 0.405. The average Bonchev–Trinajstić information content (AvgIpc) is 3.72. The summed E-state index contributed by atoms with van der Waals surface area (Å²) < 4.78 is 69.8. The van der Waals surface area contributed by atoms with Crippen LogP contribution in [0, 0.1) is 29.8 Å². The van der Waals surface area contributed by atoms with E-state index in [2.05, 4.69) is 32.6 Å². The van der Waals surface area contributed by atoms with Gasteiger partial charge in [0.1, 0.15) is 29.9 Å². The topological polar surface area (TPSA) is 79.5 Å². The molecule has 4 fully saturated rings. The van der Waals surface area contributed by atoms with E-state index in [1.807, 2.05) is 0 Å². The van der Waals surface area contributed by atoms with Crippen molar-refractivity contribution in [1.82, 2.24) is 20.2 Å². The first kappa shape index (κ1) is 30.9. The molecule has 12 heteroatoms. The van der Waals surface area contributed by atoms with Crippen LogP contribution in [0.5, 0.6) is 6.01 Å². The first-order chi connectivity index (χ1) is 23.6. The van der Waals surface area contributed by atoms with Crippen molar-refractivity contribution in [2.24, 2.45) is 0 Å². The molecular formula is C37H33ClF4N6O. The molecule has 1 unspecified atom stereocenters. The van der Waals surface area contributed by atoms with Crippen LogP contribution in [0.15, 0.2) is 24.8 Å². The second-order valence-corrected chi connectivity index (χ2v) is 14.6. The molecule has 0 aliphatic carbocycles. The predicted molar refractivity (Wildman–Crippen MR) is 183 cm³/mol. The molecule has 7 nitrogen and oxygen atoms in total. The van der Waals surface area contributed by atoms with Gasteiger partial charge in [0, 0.05) is 59.7 Å². The van der Waals surface area contributed by atoms with E-state index in [1.54, 1.807) is 0 Å². The summed E-state index contributed by atoms with van der Waals surface area (Å²) in [6.07, 6.45) is 9.21. The summed E-state index contributed by atoms with van der Waals surface area (Å²) in [5.74, 6) is 0.0367. The quantitative estimate of drug-likeness (QED) is 0.139. The lowest BCUT2D eigenvalue weighted by Gasteiger charge is -2.41. The molecule has 1 aromatic heterocycles. The third kappa shape index (κ3) is 4.43. The van der Waals surface area contributed by atoms with Crippen molar-refractivity contribution in [3.8, 4) is 29.5 Å². The molecule has 5 aliphatic heterocycles. The molecule has 0 saturated carbocycles. The lowest BCUT2D eigenvalue weighted by Crippen LogP contribution is -2.58. The number of benzene rings is 3. The van der Waals surface area contributed by atoms with Gasteiger partial charge in [0.05, 0.1) is 27.2 Å². The van der Waals surface area contributed by atoms with E-state index < -0.39 is 29.2 Å². The van der Waals surface area contributed by atoms with Gasteiger partial charge in [0.15, 0.2) is 11.6 Å². The number of ether oxygens (including phenoxy) is 1. The third-order valence-electron chi connectivity index (χ3n) is 11.5. The minimum Gasteiger partial charge on any atom is -0.461 e. The van der Waals surface area contributed by atoms with Gasteiger partial charge in [-0.05, 0) is 61.7 Å².